The number of hydrazine groups is 4. The molecular formula is C13H12N6O5. The summed E-state index contributed by atoms with van der Waals surface area (Å²) in [6.07, 6.45) is 0. The van der Waals surface area contributed by atoms with Gasteiger partial charge >= 0.3 is 6.03 Å². The number of amides is 2. The van der Waals surface area contributed by atoms with E-state index in [0.29, 0.717) is 10.0 Å². The largest absolute Gasteiger partial charge is 0.375 e. The highest BCUT2D eigenvalue weighted by molar-refractivity contribution is 6.01. The molecule has 0 bridgehead atoms. The Morgan fingerprint density at radius 2 is 1.08 bits per heavy atom. The maximum absolute atomic E-state index is 12.6. The van der Waals surface area contributed by atoms with Crippen molar-refractivity contribution >= 4 is 17.4 Å². The summed E-state index contributed by atoms with van der Waals surface area (Å²) in [6, 6.07) is 14.2. The minimum Gasteiger partial charge on any atom is -0.243 e. The third-order valence-corrected chi connectivity index (χ3v) is 2.77. The summed E-state index contributed by atoms with van der Waals surface area (Å²) in [4.78, 5) is 34.2. The van der Waals surface area contributed by atoms with Crippen LogP contribution in [0.2, 0.25) is 0 Å². The average molecular weight is 332 g/mol. The molecule has 2 rings (SSSR count). The van der Waals surface area contributed by atoms with Crippen LogP contribution in [0.1, 0.15) is 0 Å². The Morgan fingerprint density at radius 3 is 1.38 bits per heavy atom. The van der Waals surface area contributed by atoms with E-state index in [1.807, 2.05) is 0 Å². The third kappa shape index (κ3) is 4.07. The van der Waals surface area contributed by atoms with E-state index >= 15 is 0 Å². The fourth-order valence-electron chi connectivity index (χ4n) is 1.84. The van der Waals surface area contributed by atoms with Crippen LogP contribution in [-0.4, -0.2) is 16.1 Å². The van der Waals surface area contributed by atoms with Crippen LogP contribution in [0.4, 0.5) is 16.2 Å². The third-order valence-electron chi connectivity index (χ3n) is 2.77. The lowest BCUT2D eigenvalue weighted by Gasteiger charge is -2.24. The molecule has 2 N–H and O–H groups in total. The minimum absolute atomic E-state index is 0.130. The van der Waals surface area contributed by atoms with Crippen molar-refractivity contribution in [2.24, 2.45) is 0 Å². The molecule has 0 aliphatic rings. The van der Waals surface area contributed by atoms with Gasteiger partial charge in [0.15, 0.2) is 10.1 Å². The lowest BCUT2D eigenvalue weighted by Crippen LogP contribution is -2.57. The standard InChI is InChI=1S/C13H12N6O5/c20-13(16(14-18(21)22)11-7-3-1-4-8-11)17(15-19(23)24)12-9-5-2-6-10-12/h1-10,14-15H. The number of carbonyl (C=O) groups is 1. The van der Waals surface area contributed by atoms with Crippen LogP contribution in [0.15, 0.2) is 60.7 Å². The van der Waals surface area contributed by atoms with Crippen LogP contribution in [-0.2, 0) is 0 Å². The summed E-state index contributed by atoms with van der Waals surface area (Å²) in [5.41, 5.74) is 3.70. The van der Waals surface area contributed by atoms with Crippen molar-refractivity contribution in [1.82, 2.24) is 11.1 Å². The molecule has 0 atom stereocenters. The maximum Gasteiger partial charge on any atom is 0.375 e. The SMILES string of the molecule is O=C(N(N[N+](=O)[O-])c1ccccc1)N(N[N+](=O)[O-])c1ccccc1. The van der Waals surface area contributed by atoms with Gasteiger partial charge in [-0.15, -0.1) is 10.0 Å². The van der Waals surface area contributed by atoms with E-state index in [1.165, 1.54) is 24.3 Å². The summed E-state index contributed by atoms with van der Waals surface area (Å²) >= 11 is 0. The Hall–Kier alpha value is -3.89. The summed E-state index contributed by atoms with van der Waals surface area (Å²) in [6.45, 7) is 0. The second-order valence-electron chi connectivity index (χ2n) is 4.34. The van der Waals surface area contributed by atoms with E-state index in [9.17, 15) is 25.0 Å². The Bertz CT molecular complexity index is 665. The lowest BCUT2D eigenvalue weighted by molar-refractivity contribution is -0.547. The van der Waals surface area contributed by atoms with Crippen molar-refractivity contribution in [3.05, 3.63) is 80.9 Å². The van der Waals surface area contributed by atoms with E-state index in [-0.39, 0.29) is 11.4 Å². The van der Waals surface area contributed by atoms with E-state index in [1.54, 1.807) is 47.5 Å². The number of hydrogen-bond acceptors (Lipinski definition) is 5. The number of rotatable bonds is 6. The number of nitrogens with one attached hydrogen (secondary N) is 2. The van der Waals surface area contributed by atoms with Crippen LogP contribution >= 0.6 is 0 Å². The summed E-state index contributed by atoms with van der Waals surface area (Å²) in [7, 11) is 0. The quantitative estimate of drug-likeness (QED) is 0.605. The van der Waals surface area contributed by atoms with Gasteiger partial charge in [-0.2, -0.15) is 0 Å². The van der Waals surface area contributed by atoms with Crippen molar-refractivity contribution in [2.75, 3.05) is 10.0 Å². The van der Waals surface area contributed by atoms with Crippen LogP contribution in [0, 0.1) is 20.2 Å². The molecule has 11 nitrogen and oxygen atoms in total. The van der Waals surface area contributed by atoms with Crippen molar-refractivity contribution < 1.29 is 14.9 Å². The Balaban J connectivity index is 2.40. The highest BCUT2D eigenvalue weighted by atomic mass is 16.7. The molecule has 0 saturated carbocycles. The molecule has 2 aromatic rings. The number of para-hydroxylation sites is 2. The van der Waals surface area contributed by atoms with E-state index in [0.717, 1.165) is 0 Å². The van der Waals surface area contributed by atoms with Gasteiger partial charge in [0.2, 0.25) is 0 Å². The van der Waals surface area contributed by atoms with Gasteiger partial charge in [-0.3, -0.25) is 0 Å². The van der Waals surface area contributed by atoms with Gasteiger partial charge in [0, 0.05) is 0 Å². The zero-order valence-electron chi connectivity index (χ0n) is 12.1. The molecule has 0 aliphatic heterocycles. The van der Waals surface area contributed by atoms with E-state index < -0.39 is 16.1 Å². The summed E-state index contributed by atoms with van der Waals surface area (Å²) < 4.78 is 0. The Morgan fingerprint density at radius 1 is 0.750 bits per heavy atom. The topological polar surface area (TPSA) is 134 Å². The van der Waals surface area contributed by atoms with Crippen LogP contribution in [0.25, 0.3) is 0 Å². The van der Waals surface area contributed by atoms with Gasteiger partial charge in [-0.05, 0) is 35.3 Å². The number of urea groups is 1. The van der Waals surface area contributed by atoms with Gasteiger partial charge in [0.1, 0.15) is 0 Å². The number of benzene rings is 2. The number of carbonyl (C=O) groups excluding carboxylic acids is 1. The predicted octanol–water partition coefficient (Wildman–Crippen LogP) is 1.51. The molecule has 0 aromatic heterocycles. The number of nitrogens with zero attached hydrogens (tertiary/aromatic N) is 4. The van der Waals surface area contributed by atoms with Gasteiger partial charge in [-0.1, -0.05) is 36.4 Å². The molecule has 0 spiro atoms. The zero-order chi connectivity index (χ0) is 17.5. The number of nitro groups is 2. The smallest absolute Gasteiger partial charge is 0.243 e. The Labute approximate surface area is 135 Å². The zero-order valence-corrected chi connectivity index (χ0v) is 12.1. The Kier molecular flexibility index (Phi) is 5.08. The molecule has 11 heteroatoms. The molecule has 124 valence electrons. The maximum atomic E-state index is 12.6. The molecule has 0 unspecified atom stereocenters. The molecule has 0 aliphatic carbocycles. The number of anilines is 2. The second-order valence-corrected chi connectivity index (χ2v) is 4.34. The predicted molar refractivity (Wildman–Crippen MR) is 83.5 cm³/mol. The monoisotopic (exact) mass is 332 g/mol. The first kappa shape index (κ1) is 16.5. The molecule has 2 aromatic carbocycles. The normalized spacial score (nSPS) is 9.67. The molecule has 0 saturated heterocycles. The first-order valence-corrected chi connectivity index (χ1v) is 6.54. The summed E-state index contributed by atoms with van der Waals surface area (Å²) in [5.74, 6) is 0. The minimum atomic E-state index is -1.07. The molecule has 24 heavy (non-hydrogen) atoms. The first-order chi connectivity index (χ1) is 11.5. The highest BCUT2D eigenvalue weighted by Crippen LogP contribution is 2.17. The van der Waals surface area contributed by atoms with Crippen LogP contribution in [0.3, 0.4) is 0 Å². The highest BCUT2D eigenvalue weighted by Gasteiger charge is 2.29. The van der Waals surface area contributed by atoms with Crippen molar-refractivity contribution in [2.45, 2.75) is 0 Å². The van der Waals surface area contributed by atoms with Gasteiger partial charge in [0.05, 0.1) is 11.4 Å². The molecule has 0 radical (unpaired) electrons. The van der Waals surface area contributed by atoms with Gasteiger partial charge < -0.3 is 0 Å². The van der Waals surface area contributed by atoms with E-state index in [2.05, 4.69) is 0 Å². The number of hydrogen-bond donors (Lipinski definition) is 2. The van der Waals surface area contributed by atoms with Crippen molar-refractivity contribution in [3.8, 4) is 0 Å². The van der Waals surface area contributed by atoms with E-state index in [4.69, 9.17) is 0 Å². The second kappa shape index (κ2) is 7.40. The van der Waals surface area contributed by atoms with Gasteiger partial charge in [0.25, 0.3) is 0 Å². The molecule has 0 heterocycles. The van der Waals surface area contributed by atoms with Crippen LogP contribution < -0.4 is 21.1 Å². The molecular weight excluding hydrogens is 320 g/mol. The average Bonchev–Trinajstić information content (AvgIpc) is 2.58. The lowest BCUT2D eigenvalue weighted by atomic mass is 10.3. The first-order valence-electron chi connectivity index (χ1n) is 6.54. The fraction of sp³-hybridized carbons (Fsp3) is 0. The summed E-state index contributed by atoms with van der Waals surface area (Å²) in [5, 5.41) is 20.9. The van der Waals surface area contributed by atoms with Gasteiger partial charge in [-0.25, -0.2) is 25.0 Å². The van der Waals surface area contributed by atoms with Crippen molar-refractivity contribution in [3.63, 3.8) is 0 Å². The van der Waals surface area contributed by atoms with Crippen LogP contribution in [0.5, 0.6) is 0 Å². The molecule has 0 fully saturated rings. The molecule has 2 amide bonds. The van der Waals surface area contributed by atoms with Crippen molar-refractivity contribution in [1.29, 1.82) is 0 Å². The fourth-order valence-corrected chi connectivity index (χ4v) is 1.84.